The summed E-state index contributed by atoms with van der Waals surface area (Å²) in [6.07, 6.45) is 3.09. The van der Waals surface area contributed by atoms with Crippen LogP contribution in [0.3, 0.4) is 0 Å². The number of hydrogen-bond acceptors (Lipinski definition) is 3. The summed E-state index contributed by atoms with van der Waals surface area (Å²) < 4.78 is 6.05. The SMILES string of the molecule is Cc1sc(-c2ccc(C(C)C)cc2)nc1CCOc1ccc2c(c1)CC[C@H]2CCl. The number of halogens is 1. The van der Waals surface area contributed by atoms with Crippen molar-refractivity contribution in [1.82, 2.24) is 4.98 Å². The molecule has 0 saturated carbocycles. The highest BCUT2D eigenvalue weighted by molar-refractivity contribution is 7.15. The molecule has 1 atom stereocenters. The lowest BCUT2D eigenvalue weighted by Gasteiger charge is -2.10. The second kappa shape index (κ2) is 8.89. The summed E-state index contributed by atoms with van der Waals surface area (Å²) in [4.78, 5) is 6.16. The molecule has 0 spiro atoms. The zero-order valence-electron chi connectivity index (χ0n) is 17.4. The first-order valence-electron chi connectivity index (χ1n) is 10.4. The maximum absolute atomic E-state index is 6.07. The van der Waals surface area contributed by atoms with Crippen LogP contribution in [-0.4, -0.2) is 17.5 Å². The second-order valence-corrected chi connectivity index (χ2v) is 9.66. The fourth-order valence-electron chi connectivity index (χ4n) is 3.99. The molecular formula is C25H28ClNOS. The maximum atomic E-state index is 6.07. The Morgan fingerprint density at radius 3 is 2.69 bits per heavy atom. The summed E-state index contributed by atoms with van der Waals surface area (Å²) in [7, 11) is 0. The smallest absolute Gasteiger partial charge is 0.123 e. The molecule has 2 aromatic carbocycles. The summed E-state index contributed by atoms with van der Waals surface area (Å²) in [6.45, 7) is 7.24. The maximum Gasteiger partial charge on any atom is 0.123 e. The number of nitrogens with zero attached hydrogens (tertiary/aromatic N) is 1. The number of thiazole rings is 1. The molecule has 4 rings (SSSR count). The molecule has 1 aliphatic carbocycles. The fourth-order valence-corrected chi connectivity index (χ4v) is 5.28. The van der Waals surface area contributed by atoms with Crippen molar-refractivity contribution in [1.29, 1.82) is 0 Å². The lowest BCUT2D eigenvalue weighted by atomic mass is 10.0. The molecule has 0 saturated heterocycles. The fraction of sp³-hybridized carbons (Fsp3) is 0.400. The van der Waals surface area contributed by atoms with Gasteiger partial charge in [-0.2, -0.15) is 0 Å². The average Bonchev–Trinajstić information content (AvgIpc) is 3.31. The normalized spacial score (nSPS) is 15.7. The molecule has 0 radical (unpaired) electrons. The number of rotatable bonds is 7. The molecule has 0 bridgehead atoms. The van der Waals surface area contributed by atoms with Gasteiger partial charge in [-0.15, -0.1) is 22.9 Å². The van der Waals surface area contributed by atoms with Crippen LogP contribution in [0.5, 0.6) is 5.75 Å². The summed E-state index contributed by atoms with van der Waals surface area (Å²) >= 11 is 7.84. The third-order valence-corrected chi connectivity index (χ3v) is 7.26. The minimum atomic E-state index is 0.506. The molecule has 29 heavy (non-hydrogen) atoms. The molecule has 1 aromatic heterocycles. The Balaban J connectivity index is 1.38. The Kier molecular flexibility index (Phi) is 6.26. The van der Waals surface area contributed by atoms with E-state index in [0.717, 1.165) is 35.7 Å². The highest BCUT2D eigenvalue weighted by Gasteiger charge is 2.21. The molecular weight excluding hydrogens is 398 g/mol. The van der Waals surface area contributed by atoms with E-state index in [0.29, 0.717) is 24.3 Å². The van der Waals surface area contributed by atoms with Crippen LogP contribution in [0, 0.1) is 6.92 Å². The van der Waals surface area contributed by atoms with Crippen LogP contribution in [0.2, 0.25) is 0 Å². The lowest BCUT2D eigenvalue weighted by Crippen LogP contribution is -2.03. The van der Waals surface area contributed by atoms with Gasteiger partial charge >= 0.3 is 0 Å². The number of aryl methyl sites for hydroxylation is 2. The minimum absolute atomic E-state index is 0.506. The molecule has 3 aromatic rings. The van der Waals surface area contributed by atoms with Crippen molar-refractivity contribution in [3.63, 3.8) is 0 Å². The Bertz CT molecular complexity index is 977. The first-order valence-corrected chi connectivity index (χ1v) is 11.8. The largest absolute Gasteiger partial charge is 0.493 e. The van der Waals surface area contributed by atoms with Gasteiger partial charge in [-0.1, -0.05) is 44.2 Å². The second-order valence-electron chi connectivity index (χ2n) is 8.15. The Labute approximate surface area is 182 Å². The van der Waals surface area contributed by atoms with E-state index in [2.05, 4.69) is 63.2 Å². The van der Waals surface area contributed by atoms with E-state index in [4.69, 9.17) is 21.3 Å². The van der Waals surface area contributed by atoms with E-state index >= 15 is 0 Å². The van der Waals surface area contributed by atoms with Crippen molar-refractivity contribution in [3.8, 4) is 16.3 Å². The number of fused-ring (bicyclic) bond motifs is 1. The number of benzene rings is 2. The van der Waals surface area contributed by atoms with E-state index in [1.807, 2.05) is 0 Å². The third kappa shape index (κ3) is 4.51. The predicted octanol–water partition coefficient (Wildman–Crippen LogP) is 7.13. The van der Waals surface area contributed by atoms with Gasteiger partial charge in [0.1, 0.15) is 10.8 Å². The quantitative estimate of drug-likeness (QED) is 0.375. The Morgan fingerprint density at radius 2 is 1.97 bits per heavy atom. The van der Waals surface area contributed by atoms with Crippen LogP contribution in [0.4, 0.5) is 0 Å². The van der Waals surface area contributed by atoms with Crippen molar-refractivity contribution in [3.05, 3.63) is 69.7 Å². The van der Waals surface area contributed by atoms with E-state index < -0.39 is 0 Å². The van der Waals surface area contributed by atoms with Crippen molar-refractivity contribution >= 4 is 22.9 Å². The van der Waals surface area contributed by atoms with Crippen molar-refractivity contribution in [2.75, 3.05) is 12.5 Å². The van der Waals surface area contributed by atoms with Crippen LogP contribution in [0.25, 0.3) is 10.6 Å². The van der Waals surface area contributed by atoms with Crippen molar-refractivity contribution in [2.24, 2.45) is 0 Å². The molecule has 1 heterocycles. The first kappa shape index (κ1) is 20.4. The summed E-state index contributed by atoms with van der Waals surface area (Å²) in [6, 6.07) is 15.3. The summed E-state index contributed by atoms with van der Waals surface area (Å²) in [5.41, 5.74) is 6.49. The minimum Gasteiger partial charge on any atom is -0.493 e. The molecule has 152 valence electrons. The van der Waals surface area contributed by atoms with Gasteiger partial charge < -0.3 is 4.74 Å². The standard InChI is InChI=1S/C25H28ClNOS/c1-16(2)18-4-6-19(7-5-18)25-27-24(17(3)29-25)12-13-28-22-10-11-23-20(14-22)8-9-21(23)15-26/h4-7,10-11,14,16,21H,8-9,12-13,15H2,1-3H3/t21-/m0/s1. The number of hydrogen-bond donors (Lipinski definition) is 0. The topological polar surface area (TPSA) is 22.1 Å². The van der Waals surface area contributed by atoms with Gasteiger partial charge in [0.25, 0.3) is 0 Å². The Hall–Kier alpha value is -1.84. The summed E-state index contributed by atoms with van der Waals surface area (Å²) in [5.74, 6) is 2.72. The first-order chi connectivity index (χ1) is 14.0. The molecule has 0 N–H and O–H groups in total. The summed E-state index contributed by atoms with van der Waals surface area (Å²) in [5, 5.41) is 1.09. The van der Waals surface area contributed by atoms with Gasteiger partial charge in [-0.25, -0.2) is 4.98 Å². The van der Waals surface area contributed by atoms with E-state index in [1.165, 1.54) is 27.1 Å². The molecule has 0 unspecified atom stereocenters. The lowest BCUT2D eigenvalue weighted by molar-refractivity contribution is 0.320. The number of aromatic nitrogens is 1. The predicted molar refractivity (Wildman–Crippen MR) is 124 cm³/mol. The monoisotopic (exact) mass is 425 g/mol. The molecule has 0 aliphatic heterocycles. The van der Waals surface area contributed by atoms with Crippen LogP contribution in [0.1, 0.15) is 59.4 Å². The third-order valence-electron chi connectivity index (χ3n) is 5.83. The molecule has 2 nitrogen and oxygen atoms in total. The van der Waals surface area contributed by atoms with Gasteiger partial charge in [0, 0.05) is 22.7 Å². The van der Waals surface area contributed by atoms with Crippen LogP contribution in [0.15, 0.2) is 42.5 Å². The zero-order chi connectivity index (χ0) is 20.4. The van der Waals surface area contributed by atoms with Gasteiger partial charge in [-0.05, 0) is 60.4 Å². The van der Waals surface area contributed by atoms with Gasteiger partial charge in [0.05, 0.1) is 12.3 Å². The molecule has 4 heteroatoms. The molecule has 0 amide bonds. The van der Waals surface area contributed by atoms with Crippen molar-refractivity contribution in [2.45, 2.75) is 51.9 Å². The van der Waals surface area contributed by atoms with Gasteiger partial charge in [-0.3, -0.25) is 0 Å². The Morgan fingerprint density at radius 1 is 1.17 bits per heavy atom. The molecule has 1 aliphatic rings. The van der Waals surface area contributed by atoms with Crippen molar-refractivity contribution < 1.29 is 4.74 Å². The number of ether oxygens (including phenoxy) is 1. The highest BCUT2D eigenvalue weighted by Crippen LogP contribution is 2.36. The highest BCUT2D eigenvalue weighted by atomic mass is 35.5. The molecule has 0 fully saturated rings. The average molecular weight is 426 g/mol. The van der Waals surface area contributed by atoms with Gasteiger partial charge in [0.15, 0.2) is 0 Å². The van der Waals surface area contributed by atoms with E-state index in [1.54, 1.807) is 11.3 Å². The van der Waals surface area contributed by atoms with E-state index in [9.17, 15) is 0 Å². The van der Waals surface area contributed by atoms with Crippen LogP contribution >= 0.6 is 22.9 Å². The van der Waals surface area contributed by atoms with Crippen LogP contribution in [-0.2, 0) is 12.8 Å². The number of alkyl halides is 1. The zero-order valence-corrected chi connectivity index (χ0v) is 18.9. The van der Waals surface area contributed by atoms with Gasteiger partial charge in [0.2, 0.25) is 0 Å². The van der Waals surface area contributed by atoms with E-state index in [-0.39, 0.29) is 0 Å². The van der Waals surface area contributed by atoms with Crippen LogP contribution < -0.4 is 4.74 Å².